The fourth-order valence-corrected chi connectivity index (χ4v) is 5.84. The molecule has 0 heterocycles. The molecule has 3 aliphatic carbocycles. The number of hydrogen-bond donors (Lipinski definition) is 0. The lowest BCUT2D eigenvalue weighted by molar-refractivity contribution is -0.120. The Balaban J connectivity index is 1.63. The van der Waals surface area contributed by atoms with Crippen molar-refractivity contribution in [1.82, 2.24) is 0 Å². The van der Waals surface area contributed by atoms with Crippen molar-refractivity contribution in [2.45, 2.75) is 59.7 Å². The van der Waals surface area contributed by atoms with E-state index in [0.717, 1.165) is 6.42 Å². The van der Waals surface area contributed by atoms with Gasteiger partial charge in [0.2, 0.25) is 0 Å². The maximum Gasteiger partial charge on any atom is 0.156 e. The average molecular weight is 324 g/mol. The zero-order valence-electron chi connectivity index (χ0n) is 15.3. The molecule has 0 saturated heterocycles. The third kappa shape index (κ3) is 2.08. The lowest BCUT2D eigenvalue weighted by atomic mass is 9.53. The molecule has 0 amide bonds. The predicted octanol–water partition coefficient (Wildman–Crippen LogP) is 4.93. The quantitative estimate of drug-likeness (QED) is 0.787. The number of allylic oxidation sites excluding steroid dienone is 2. The Morgan fingerprint density at radius 2 is 1.79 bits per heavy atom. The SMILES string of the molecule is CC1(C)C2=CC(=O)CC(C)(C)[C@@]23C[C@@H]1[C@H](OCc1ccccc1)C3. The second-order valence-electron chi connectivity index (χ2n) is 9.24. The molecule has 0 unspecified atom stereocenters. The minimum absolute atomic E-state index is 0.0328. The number of carbonyl (C=O) groups excluding carboxylic acids is 1. The van der Waals surface area contributed by atoms with Crippen molar-refractivity contribution in [2.24, 2.45) is 22.2 Å². The monoisotopic (exact) mass is 324 g/mol. The number of hydrogen-bond acceptors (Lipinski definition) is 2. The molecule has 1 aromatic rings. The van der Waals surface area contributed by atoms with Gasteiger partial charge in [0.1, 0.15) is 0 Å². The molecule has 3 atom stereocenters. The third-order valence-corrected chi connectivity index (χ3v) is 7.23. The maximum absolute atomic E-state index is 12.3. The summed E-state index contributed by atoms with van der Waals surface area (Å²) in [7, 11) is 0. The summed E-state index contributed by atoms with van der Waals surface area (Å²) in [5.74, 6) is 0.820. The van der Waals surface area contributed by atoms with Gasteiger partial charge in [0.15, 0.2) is 5.78 Å². The van der Waals surface area contributed by atoms with E-state index >= 15 is 0 Å². The van der Waals surface area contributed by atoms with Gasteiger partial charge in [-0.15, -0.1) is 0 Å². The first-order valence-electron chi connectivity index (χ1n) is 9.17. The van der Waals surface area contributed by atoms with Crippen molar-refractivity contribution in [3.8, 4) is 0 Å². The van der Waals surface area contributed by atoms with Gasteiger partial charge in [-0.05, 0) is 41.2 Å². The highest BCUT2D eigenvalue weighted by Crippen LogP contribution is 2.73. The number of ether oxygens (including phenoxy) is 1. The lowest BCUT2D eigenvalue weighted by Crippen LogP contribution is -2.47. The molecule has 2 heteroatoms. The molecule has 2 fully saturated rings. The van der Waals surface area contributed by atoms with Crippen LogP contribution >= 0.6 is 0 Å². The van der Waals surface area contributed by atoms with E-state index in [1.807, 2.05) is 12.1 Å². The highest BCUT2D eigenvalue weighted by Gasteiger charge is 2.68. The fraction of sp³-hybridized carbons (Fsp3) is 0.591. The summed E-state index contributed by atoms with van der Waals surface area (Å²) in [5, 5.41) is 0. The first-order chi connectivity index (χ1) is 11.3. The standard InChI is InChI=1S/C22H28O2/c1-20(2)11-16(23)10-19-21(3,4)17-12-22(19,20)13-18(17)24-14-15-8-6-5-7-9-15/h5-10,17-18H,11-14H2,1-4H3/t17-,18-,22-/m1/s1. The molecule has 4 rings (SSSR count). The summed E-state index contributed by atoms with van der Waals surface area (Å²) in [4.78, 5) is 12.3. The van der Waals surface area contributed by atoms with Crippen molar-refractivity contribution in [3.63, 3.8) is 0 Å². The Morgan fingerprint density at radius 1 is 1.08 bits per heavy atom. The first kappa shape index (κ1) is 16.1. The van der Waals surface area contributed by atoms with E-state index in [0.29, 0.717) is 30.8 Å². The number of fused-ring (bicyclic) bond motifs is 1. The molecule has 3 aliphatic rings. The Bertz CT molecular complexity index is 698. The highest BCUT2D eigenvalue weighted by molar-refractivity contribution is 5.93. The van der Waals surface area contributed by atoms with E-state index in [1.54, 1.807) is 0 Å². The van der Waals surface area contributed by atoms with E-state index in [9.17, 15) is 4.79 Å². The summed E-state index contributed by atoms with van der Waals surface area (Å²) in [6, 6.07) is 10.4. The molecule has 1 spiro atoms. The molecule has 1 aromatic carbocycles. The van der Waals surface area contributed by atoms with E-state index in [4.69, 9.17) is 4.74 Å². The molecular weight excluding hydrogens is 296 g/mol. The fourth-order valence-electron chi connectivity index (χ4n) is 5.84. The van der Waals surface area contributed by atoms with Crippen LogP contribution in [0.5, 0.6) is 0 Å². The topological polar surface area (TPSA) is 26.3 Å². The second-order valence-corrected chi connectivity index (χ2v) is 9.24. The second kappa shape index (κ2) is 5.05. The Kier molecular flexibility index (Phi) is 3.38. The van der Waals surface area contributed by atoms with E-state index < -0.39 is 0 Å². The Labute approximate surface area is 145 Å². The molecule has 2 bridgehead atoms. The molecule has 24 heavy (non-hydrogen) atoms. The lowest BCUT2D eigenvalue weighted by Gasteiger charge is -2.51. The maximum atomic E-state index is 12.3. The van der Waals surface area contributed by atoms with E-state index in [-0.39, 0.29) is 16.2 Å². The molecule has 128 valence electrons. The zero-order valence-corrected chi connectivity index (χ0v) is 15.3. The van der Waals surface area contributed by atoms with Crippen LogP contribution in [0.2, 0.25) is 0 Å². The van der Waals surface area contributed by atoms with Crippen LogP contribution in [-0.2, 0) is 16.1 Å². The summed E-state index contributed by atoms with van der Waals surface area (Å²) >= 11 is 0. The Hall–Kier alpha value is -1.41. The first-order valence-corrected chi connectivity index (χ1v) is 9.17. The summed E-state index contributed by atoms with van der Waals surface area (Å²) < 4.78 is 6.41. The van der Waals surface area contributed by atoms with Crippen molar-refractivity contribution in [3.05, 3.63) is 47.5 Å². The van der Waals surface area contributed by atoms with E-state index in [1.165, 1.54) is 17.6 Å². The largest absolute Gasteiger partial charge is 0.373 e. The minimum Gasteiger partial charge on any atom is -0.373 e. The van der Waals surface area contributed by atoms with Crippen LogP contribution in [0.1, 0.15) is 52.5 Å². The number of benzene rings is 1. The van der Waals surface area contributed by atoms with Crippen molar-refractivity contribution < 1.29 is 9.53 Å². The molecule has 0 aliphatic heterocycles. The van der Waals surface area contributed by atoms with Crippen LogP contribution in [0.15, 0.2) is 42.0 Å². The van der Waals surface area contributed by atoms with Gasteiger partial charge in [-0.25, -0.2) is 0 Å². The van der Waals surface area contributed by atoms with Gasteiger partial charge in [-0.1, -0.05) is 63.6 Å². The van der Waals surface area contributed by atoms with Crippen LogP contribution in [0.25, 0.3) is 0 Å². The zero-order chi connectivity index (χ0) is 17.2. The third-order valence-electron chi connectivity index (χ3n) is 7.23. The summed E-state index contributed by atoms with van der Waals surface area (Å²) in [6.07, 6.45) is 5.19. The smallest absolute Gasteiger partial charge is 0.156 e. The highest BCUT2D eigenvalue weighted by atomic mass is 16.5. The van der Waals surface area contributed by atoms with Crippen LogP contribution in [0, 0.1) is 22.2 Å². The van der Waals surface area contributed by atoms with Crippen molar-refractivity contribution >= 4 is 5.78 Å². The predicted molar refractivity (Wildman–Crippen MR) is 95.4 cm³/mol. The van der Waals surface area contributed by atoms with Crippen molar-refractivity contribution in [2.75, 3.05) is 0 Å². The number of carbonyl (C=O) groups is 1. The van der Waals surface area contributed by atoms with E-state index in [2.05, 4.69) is 52.0 Å². The normalized spacial score (nSPS) is 35.7. The van der Waals surface area contributed by atoms with Gasteiger partial charge in [0, 0.05) is 11.8 Å². The minimum atomic E-state index is 0.0328. The van der Waals surface area contributed by atoms with Crippen LogP contribution < -0.4 is 0 Å². The molecule has 0 radical (unpaired) electrons. The van der Waals surface area contributed by atoms with Crippen LogP contribution in [0.3, 0.4) is 0 Å². The van der Waals surface area contributed by atoms with Gasteiger partial charge >= 0.3 is 0 Å². The Morgan fingerprint density at radius 3 is 2.50 bits per heavy atom. The molecule has 0 aromatic heterocycles. The number of rotatable bonds is 3. The van der Waals surface area contributed by atoms with Gasteiger partial charge in [0.05, 0.1) is 12.7 Å². The van der Waals surface area contributed by atoms with Crippen LogP contribution in [-0.4, -0.2) is 11.9 Å². The molecule has 2 nitrogen and oxygen atoms in total. The van der Waals surface area contributed by atoms with Crippen LogP contribution in [0.4, 0.5) is 0 Å². The molecule has 2 saturated carbocycles. The summed E-state index contributed by atoms with van der Waals surface area (Å²) in [5.41, 5.74) is 2.89. The molecular formula is C22H28O2. The van der Waals surface area contributed by atoms with Gasteiger partial charge in [0.25, 0.3) is 0 Å². The summed E-state index contributed by atoms with van der Waals surface area (Å²) in [6.45, 7) is 9.90. The van der Waals surface area contributed by atoms with Gasteiger partial charge in [-0.3, -0.25) is 4.79 Å². The van der Waals surface area contributed by atoms with Crippen molar-refractivity contribution in [1.29, 1.82) is 0 Å². The van der Waals surface area contributed by atoms with Gasteiger partial charge in [-0.2, -0.15) is 0 Å². The van der Waals surface area contributed by atoms with Gasteiger partial charge < -0.3 is 4.74 Å². The molecule has 0 N–H and O–H groups in total. The number of ketones is 1. The average Bonchev–Trinajstić information content (AvgIpc) is 3.00.